The zero-order valence-corrected chi connectivity index (χ0v) is 16.0. The van der Waals surface area contributed by atoms with Gasteiger partial charge in [-0.05, 0) is 44.7 Å². The molecular formula is C21H29N3O3. The molecule has 0 radical (unpaired) electrons. The summed E-state index contributed by atoms with van der Waals surface area (Å²) in [6, 6.07) is 9.15. The summed E-state index contributed by atoms with van der Waals surface area (Å²) in [6.07, 6.45) is 3.91. The van der Waals surface area contributed by atoms with E-state index in [-0.39, 0.29) is 29.7 Å². The van der Waals surface area contributed by atoms with Crippen molar-refractivity contribution in [1.29, 1.82) is 0 Å². The van der Waals surface area contributed by atoms with E-state index in [2.05, 4.69) is 5.32 Å². The molecule has 0 spiro atoms. The third-order valence-corrected chi connectivity index (χ3v) is 5.59. The maximum Gasteiger partial charge on any atom is 0.251 e. The minimum atomic E-state index is -0.119. The van der Waals surface area contributed by atoms with Gasteiger partial charge in [0.1, 0.15) is 0 Å². The maximum atomic E-state index is 13.1. The Hall–Kier alpha value is -2.37. The van der Waals surface area contributed by atoms with Crippen LogP contribution in [0.2, 0.25) is 0 Å². The normalized spacial score (nSPS) is 23.7. The molecule has 6 heteroatoms. The molecule has 2 atom stereocenters. The number of carbonyl (C=O) groups excluding carboxylic acids is 3. The Kier molecular flexibility index (Phi) is 6.48. The standard InChI is InChI=1S/C21H29N3O3/c1-2-23-14-17(11-12-19(23)25)21(27)24-13-7-6-10-18(15-24)22-20(26)16-8-4-3-5-9-16/h3-5,8-9,17-18H,2,6-7,10-15H2,1H3,(H,22,26). The van der Waals surface area contributed by atoms with E-state index in [1.807, 2.05) is 30.0 Å². The number of hydrogen-bond acceptors (Lipinski definition) is 3. The van der Waals surface area contributed by atoms with Gasteiger partial charge in [-0.2, -0.15) is 0 Å². The summed E-state index contributed by atoms with van der Waals surface area (Å²) in [7, 11) is 0. The van der Waals surface area contributed by atoms with Gasteiger partial charge in [0.15, 0.2) is 0 Å². The Morgan fingerprint density at radius 1 is 1.11 bits per heavy atom. The molecule has 146 valence electrons. The Balaban J connectivity index is 1.61. The number of hydrogen-bond donors (Lipinski definition) is 1. The second-order valence-corrected chi connectivity index (χ2v) is 7.48. The first-order chi connectivity index (χ1) is 13.1. The van der Waals surface area contributed by atoms with E-state index in [0.29, 0.717) is 38.0 Å². The molecule has 3 amide bonds. The quantitative estimate of drug-likeness (QED) is 0.881. The monoisotopic (exact) mass is 371 g/mol. The van der Waals surface area contributed by atoms with Crippen LogP contribution in [0, 0.1) is 5.92 Å². The predicted molar refractivity (Wildman–Crippen MR) is 103 cm³/mol. The second-order valence-electron chi connectivity index (χ2n) is 7.48. The van der Waals surface area contributed by atoms with Crippen molar-refractivity contribution in [1.82, 2.24) is 15.1 Å². The van der Waals surface area contributed by atoms with Gasteiger partial charge >= 0.3 is 0 Å². The molecule has 27 heavy (non-hydrogen) atoms. The van der Waals surface area contributed by atoms with Gasteiger partial charge in [0, 0.05) is 44.2 Å². The lowest BCUT2D eigenvalue weighted by Crippen LogP contribution is -2.50. The third-order valence-electron chi connectivity index (χ3n) is 5.59. The molecule has 1 N–H and O–H groups in total. The third kappa shape index (κ3) is 4.87. The van der Waals surface area contributed by atoms with Gasteiger partial charge in [-0.15, -0.1) is 0 Å². The molecule has 0 aromatic heterocycles. The molecule has 2 aliphatic rings. The minimum absolute atomic E-state index is 0.0309. The van der Waals surface area contributed by atoms with Crippen LogP contribution < -0.4 is 5.32 Å². The smallest absolute Gasteiger partial charge is 0.251 e. The number of piperidine rings is 1. The van der Waals surface area contributed by atoms with E-state index >= 15 is 0 Å². The van der Waals surface area contributed by atoms with Gasteiger partial charge in [0.05, 0.1) is 5.92 Å². The van der Waals surface area contributed by atoms with Gasteiger partial charge < -0.3 is 15.1 Å². The molecule has 3 rings (SSSR count). The first kappa shape index (κ1) is 19.4. The summed E-state index contributed by atoms with van der Waals surface area (Å²) in [5, 5.41) is 3.09. The highest BCUT2D eigenvalue weighted by atomic mass is 16.2. The average molecular weight is 371 g/mol. The van der Waals surface area contributed by atoms with E-state index in [4.69, 9.17) is 0 Å². The lowest BCUT2D eigenvalue weighted by atomic mass is 9.96. The fourth-order valence-electron chi connectivity index (χ4n) is 4.00. The van der Waals surface area contributed by atoms with Crippen molar-refractivity contribution >= 4 is 17.7 Å². The SMILES string of the molecule is CCN1CC(C(=O)N2CCCCC(NC(=O)c3ccccc3)C2)CCC1=O. The maximum absolute atomic E-state index is 13.1. The summed E-state index contributed by atoms with van der Waals surface area (Å²) >= 11 is 0. The summed E-state index contributed by atoms with van der Waals surface area (Å²) in [6.45, 7) is 4.40. The van der Waals surface area contributed by atoms with Crippen LogP contribution in [-0.4, -0.2) is 59.7 Å². The zero-order chi connectivity index (χ0) is 19.2. The fraction of sp³-hybridized carbons (Fsp3) is 0.571. The summed E-state index contributed by atoms with van der Waals surface area (Å²) in [4.78, 5) is 41.1. The highest BCUT2D eigenvalue weighted by Gasteiger charge is 2.33. The second kappa shape index (κ2) is 9.02. The zero-order valence-electron chi connectivity index (χ0n) is 16.0. The predicted octanol–water partition coefficient (Wildman–Crippen LogP) is 2.06. The van der Waals surface area contributed by atoms with Crippen LogP contribution in [0.15, 0.2) is 30.3 Å². The number of nitrogens with one attached hydrogen (secondary N) is 1. The first-order valence-corrected chi connectivity index (χ1v) is 10.0. The number of rotatable bonds is 4. The van der Waals surface area contributed by atoms with Crippen LogP contribution in [0.1, 0.15) is 49.4 Å². The van der Waals surface area contributed by atoms with Gasteiger partial charge in [0.25, 0.3) is 5.91 Å². The van der Waals surface area contributed by atoms with Crippen LogP contribution in [-0.2, 0) is 9.59 Å². The van der Waals surface area contributed by atoms with Gasteiger partial charge in [-0.3, -0.25) is 14.4 Å². The molecule has 6 nitrogen and oxygen atoms in total. The Bertz CT molecular complexity index is 677. The summed E-state index contributed by atoms with van der Waals surface area (Å²) in [5.74, 6) is 0.0637. The Morgan fingerprint density at radius 2 is 1.89 bits per heavy atom. The van der Waals surface area contributed by atoms with Crippen LogP contribution in [0.3, 0.4) is 0 Å². The fourth-order valence-corrected chi connectivity index (χ4v) is 4.00. The first-order valence-electron chi connectivity index (χ1n) is 10.0. The molecule has 0 saturated carbocycles. The Labute approximate surface area is 160 Å². The largest absolute Gasteiger partial charge is 0.348 e. The van der Waals surface area contributed by atoms with Crippen molar-refractivity contribution in [2.24, 2.45) is 5.92 Å². The number of nitrogens with zero attached hydrogens (tertiary/aromatic N) is 2. The molecule has 2 aliphatic heterocycles. The van der Waals surface area contributed by atoms with Gasteiger partial charge in [-0.25, -0.2) is 0 Å². The molecule has 1 aromatic carbocycles. The number of likely N-dealkylation sites (tertiary alicyclic amines) is 2. The van der Waals surface area contributed by atoms with Crippen molar-refractivity contribution in [2.45, 2.75) is 45.1 Å². The molecular weight excluding hydrogens is 342 g/mol. The van der Waals surface area contributed by atoms with Crippen molar-refractivity contribution in [2.75, 3.05) is 26.2 Å². The average Bonchev–Trinajstić information content (AvgIpc) is 2.94. The van der Waals surface area contributed by atoms with Crippen LogP contribution in [0.4, 0.5) is 0 Å². The van der Waals surface area contributed by atoms with E-state index in [1.165, 1.54) is 0 Å². The van der Waals surface area contributed by atoms with Crippen LogP contribution in [0.5, 0.6) is 0 Å². The minimum Gasteiger partial charge on any atom is -0.348 e. The molecule has 0 bridgehead atoms. The summed E-state index contributed by atoms with van der Waals surface area (Å²) in [5.41, 5.74) is 0.643. The molecule has 2 saturated heterocycles. The van der Waals surface area contributed by atoms with Gasteiger partial charge in [-0.1, -0.05) is 18.2 Å². The highest BCUT2D eigenvalue weighted by Crippen LogP contribution is 2.22. The van der Waals surface area contributed by atoms with E-state index in [9.17, 15) is 14.4 Å². The number of carbonyl (C=O) groups is 3. The molecule has 2 unspecified atom stereocenters. The van der Waals surface area contributed by atoms with Gasteiger partial charge in [0.2, 0.25) is 11.8 Å². The summed E-state index contributed by atoms with van der Waals surface area (Å²) < 4.78 is 0. The van der Waals surface area contributed by atoms with Crippen molar-refractivity contribution in [3.63, 3.8) is 0 Å². The highest BCUT2D eigenvalue weighted by molar-refractivity contribution is 5.94. The number of benzene rings is 1. The molecule has 2 fully saturated rings. The Morgan fingerprint density at radius 3 is 2.63 bits per heavy atom. The molecule has 0 aliphatic carbocycles. The van der Waals surface area contributed by atoms with E-state index in [0.717, 1.165) is 25.8 Å². The van der Waals surface area contributed by atoms with Crippen molar-refractivity contribution in [3.8, 4) is 0 Å². The van der Waals surface area contributed by atoms with Crippen LogP contribution in [0.25, 0.3) is 0 Å². The lowest BCUT2D eigenvalue weighted by molar-refractivity contribution is -0.143. The molecule has 2 heterocycles. The lowest BCUT2D eigenvalue weighted by Gasteiger charge is -2.35. The number of amides is 3. The topological polar surface area (TPSA) is 69.7 Å². The van der Waals surface area contributed by atoms with E-state index < -0.39 is 0 Å². The van der Waals surface area contributed by atoms with Crippen LogP contribution >= 0.6 is 0 Å². The van der Waals surface area contributed by atoms with Crippen molar-refractivity contribution in [3.05, 3.63) is 35.9 Å². The van der Waals surface area contributed by atoms with E-state index in [1.54, 1.807) is 17.0 Å². The van der Waals surface area contributed by atoms with Crippen molar-refractivity contribution < 1.29 is 14.4 Å². The molecule has 1 aromatic rings.